The van der Waals surface area contributed by atoms with Crippen molar-refractivity contribution in [1.82, 2.24) is 9.88 Å². The molecule has 1 amide bonds. The quantitative estimate of drug-likeness (QED) is 0.681. The second kappa shape index (κ2) is 7.75. The molecule has 1 saturated heterocycles. The number of halogens is 2. The zero-order valence-corrected chi connectivity index (χ0v) is 15.5. The van der Waals surface area contributed by atoms with Crippen LogP contribution in [0.5, 0.6) is 0 Å². The molecule has 4 nitrogen and oxygen atoms in total. The number of carbonyl (C=O) groups is 1. The number of amides is 1. The highest BCUT2D eigenvalue weighted by atomic mass is 79.9. The van der Waals surface area contributed by atoms with Gasteiger partial charge in [-0.3, -0.25) is 4.79 Å². The minimum Gasteiger partial charge on any atom is -0.376 e. The molecule has 0 bridgehead atoms. The zero-order valence-electron chi connectivity index (χ0n) is 12.4. The van der Waals surface area contributed by atoms with E-state index in [0.29, 0.717) is 18.7 Å². The maximum atomic E-state index is 13.0. The molecule has 2 aromatic rings. The summed E-state index contributed by atoms with van der Waals surface area (Å²) in [5.74, 6) is -0.118. The molecule has 0 N–H and O–H groups in total. The molecule has 1 aliphatic rings. The van der Waals surface area contributed by atoms with Crippen molar-refractivity contribution in [2.24, 2.45) is 0 Å². The van der Waals surface area contributed by atoms with Gasteiger partial charge in [0.15, 0.2) is 0 Å². The van der Waals surface area contributed by atoms with Gasteiger partial charge >= 0.3 is 0 Å². The molecule has 7 heteroatoms. The normalized spacial score (nSPS) is 17.4. The van der Waals surface area contributed by atoms with E-state index in [1.165, 1.54) is 0 Å². The van der Waals surface area contributed by atoms with E-state index in [1.807, 2.05) is 17.5 Å². The van der Waals surface area contributed by atoms with Crippen LogP contribution in [0.2, 0.25) is 5.15 Å². The predicted octanol–water partition coefficient (Wildman–Crippen LogP) is 4.38. The Morgan fingerprint density at radius 2 is 2.43 bits per heavy atom. The van der Waals surface area contributed by atoms with Gasteiger partial charge in [0.05, 0.1) is 18.2 Å². The Morgan fingerprint density at radius 3 is 3.13 bits per heavy atom. The largest absolute Gasteiger partial charge is 0.376 e. The Labute approximate surface area is 152 Å². The average molecular weight is 416 g/mol. The summed E-state index contributed by atoms with van der Waals surface area (Å²) in [6, 6.07) is 5.73. The van der Waals surface area contributed by atoms with Crippen molar-refractivity contribution in [3.63, 3.8) is 0 Å². The van der Waals surface area contributed by atoms with E-state index < -0.39 is 0 Å². The van der Waals surface area contributed by atoms with Crippen LogP contribution in [0.3, 0.4) is 0 Å². The molecule has 1 aliphatic heterocycles. The third kappa shape index (κ3) is 4.32. The van der Waals surface area contributed by atoms with Crippen LogP contribution in [0, 0.1) is 0 Å². The summed E-state index contributed by atoms with van der Waals surface area (Å²) in [5, 5.41) is 2.24. The van der Waals surface area contributed by atoms with Crippen LogP contribution in [0.15, 0.2) is 34.2 Å². The lowest BCUT2D eigenvalue weighted by Gasteiger charge is -2.25. The van der Waals surface area contributed by atoms with Crippen LogP contribution in [0.4, 0.5) is 0 Å². The summed E-state index contributed by atoms with van der Waals surface area (Å²) in [6.07, 6.45) is 3.71. The van der Waals surface area contributed by atoms with Crippen molar-refractivity contribution >= 4 is 44.8 Å². The van der Waals surface area contributed by atoms with E-state index in [0.717, 1.165) is 28.8 Å². The molecule has 3 rings (SSSR count). The highest BCUT2D eigenvalue weighted by Crippen LogP contribution is 2.23. The molecule has 1 atom stereocenters. The van der Waals surface area contributed by atoms with Gasteiger partial charge in [-0.25, -0.2) is 4.98 Å². The van der Waals surface area contributed by atoms with Gasteiger partial charge in [-0.2, -0.15) is 0 Å². The molecule has 0 saturated carbocycles. The maximum absolute atomic E-state index is 13.0. The van der Waals surface area contributed by atoms with Crippen LogP contribution >= 0.6 is 38.9 Å². The third-order valence-corrected chi connectivity index (χ3v) is 5.29. The van der Waals surface area contributed by atoms with Gasteiger partial charge in [0.1, 0.15) is 5.15 Å². The van der Waals surface area contributed by atoms with Crippen LogP contribution in [0.25, 0.3) is 0 Å². The highest BCUT2D eigenvalue weighted by molar-refractivity contribution is 9.10. The fourth-order valence-corrected chi connectivity index (χ4v) is 3.82. The van der Waals surface area contributed by atoms with Crippen molar-refractivity contribution in [1.29, 1.82) is 0 Å². The summed E-state index contributed by atoms with van der Waals surface area (Å²) in [6.45, 7) is 1.89. The monoisotopic (exact) mass is 414 g/mol. The van der Waals surface area contributed by atoms with Crippen molar-refractivity contribution in [3.8, 4) is 0 Å². The van der Waals surface area contributed by atoms with Gasteiger partial charge in [-0.05, 0) is 46.3 Å². The fourth-order valence-electron chi connectivity index (χ4n) is 2.59. The van der Waals surface area contributed by atoms with Gasteiger partial charge in [-0.15, -0.1) is 11.3 Å². The minimum absolute atomic E-state index is 0.0952. The Balaban J connectivity index is 1.83. The first-order valence-electron chi connectivity index (χ1n) is 7.38. The summed E-state index contributed by atoms with van der Waals surface area (Å²) in [5.41, 5.74) is 0.413. The average Bonchev–Trinajstić information content (AvgIpc) is 3.22. The van der Waals surface area contributed by atoms with E-state index in [-0.39, 0.29) is 17.2 Å². The Hall–Kier alpha value is -0.950. The summed E-state index contributed by atoms with van der Waals surface area (Å²) in [7, 11) is 0. The van der Waals surface area contributed by atoms with Crippen LogP contribution in [-0.2, 0) is 11.3 Å². The second-order valence-corrected chi connectivity index (χ2v) is 7.70. The number of carbonyl (C=O) groups excluding carboxylic acids is 1. The van der Waals surface area contributed by atoms with E-state index in [4.69, 9.17) is 16.3 Å². The number of aromatic nitrogens is 1. The predicted molar refractivity (Wildman–Crippen MR) is 95.0 cm³/mol. The summed E-state index contributed by atoms with van der Waals surface area (Å²) >= 11 is 11.1. The van der Waals surface area contributed by atoms with E-state index in [2.05, 4.69) is 20.9 Å². The van der Waals surface area contributed by atoms with E-state index in [9.17, 15) is 4.79 Å². The maximum Gasteiger partial charge on any atom is 0.257 e. The number of pyridine rings is 1. The molecule has 2 aromatic heterocycles. The lowest BCUT2D eigenvalue weighted by molar-refractivity contribution is 0.0509. The molecule has 0 radical (unpaired) electrons. The highest BCUT2D eigenvalue weighted by Gasteiger charge is 2.25. The van der Waals surface area contributed by atoms with Crippen molar-refractivity contribution in [2.75, 3.05) is 13.2 Å². The topological polar surface area (TPSA) is 42.4 Å². The standard InChI is InChI=1S/C16H16BrClN2O2S/c17-11-7-14(15(18)19-8-11)16(21)20(9-12-3-1-5-22-12)10-13-4-2-6-23-13/h2,4,6-8,12H,1,3,5,9-10H2. The summed E-state index contributed by atoms with van der Waals surface area (Å²) in [4.78, 5) is 20.0. The molecule has 23 heavy (non-hydrogen) atoms. The number of ether oxygens (including phenoxy) is 1. The fraction of sp³-hybridized carbons (Fsp3) is 0.375. The molecule has 1 fully saturated rings. The smallest absolute Gasteiger partial charge is 0.257 e. The van der Waals surface area contributed by atoms with Gasteiger partial charge in [0.25, 0.3) is 5.91 Å². The third-order valence-electron chi connectivity index (χ3n) is 3.70. The number of hydrogen-bond donors (Lipinski definition) is 0. The number of thiophene rings is 1. The van der Waals surface area contributed by atoms with E-state index >= 15 is 0 Å². The first-order valence-corrected chi connectivity index (χ1v) is 9.43. The summed E-state index contributed by atoms with van der Waals surface area (Å²) < 4.78 is 6.43. The number of rotatable bonds is 5. The Morgan fingerprint density at radius 1 is 1.57 bits per heavy atom. The lowest BCUT2D eigenvalue weighted by atomic mass is 10.2. The molecule has 1 unspecified atom stereocenters. The van der Waals surface area contributed by atoms with Crippen molar-refractivity contribution < 1.29 is 9.53 Å². The Bertz CT molecular complexity index is 675. The van der Waals surface area contributed by atoms with Crippen LogP contribution in [-0.4, -0.2) is 35.0 Å². The zero-order chi connectivity index (χ0) is 16.2. The molecular weight excluding hydrogens is 400 g/mol. The van der Waals surface area contributed by atoms with E-state index in [1.54, 1.807) is 28.5 Å². The first-order chi connectivity index (χ1) is 11.1. The second-order valence-electron chi connectivity index (χ2n) is 5.39. The number of nitrogens with zero attached hydrogens (tertiary/aromatic N) is 2. The molecular formula is C16H16BrClN2O2S. The molecule has 0 aromatic carbocycles. The molecule has 0 spiro atoms. The lowest BCUT2D eigenvalue weighted by Crippen LogP contribution is -2.37. The van der Waals surface area contributed by atoms with Gasteiger partial charge in [-0.1, -0.05) is 17.7 Å². The first kappa shape index (κ1) is 16.9. The van der Waals surface area contributed by atoms with Crippen molar-refractivity contribution in [3.05, 3.63) is 49.8 Å². The van der Waals surface area contributed by atoms with Crippen molar-refractivity contribution in [2.45, 2.75) is 25.5 Å². The molecule has 122 valence electrons. The minimum atomic E-state index is -0.118. The molecule has 0 aliphatic carbocycles. The van der Waals surface area contributed by atoms with Gasteiger partial charge < -0.3 is 9.64 Å². The number of hydrogen-bond acceptors (Lipinski definition) is 4. The van der Waals surface area contributed by atoms with Gasteiger partial charge in [0.2, 0.25) is 0 Å². The van der Waals surface area contributed by atoms with Crippen LogP contribution in [0.1, 0.15) is 28.1 Å². The molecule has 3 heterocycles. The van der Waals surface area contributed by atoms with Gasteiger partial charge in [0, 0.05) is 28.7 Å². The van der Waals surface area contributed by atoms with Crippen LogP contribution < -0.4 is 0 Å². The SMILES string of the molecule is O=C(c1cc(Br)cnc1Cl)N(Cc1cccs1)CC1CCCO1. The Kier molecular flexibility index (Phi) is 5.69.